The SMILES string of the molecule is CC/C=C(C)\C(=C(\C)C(C)CC)c1c(Cl)ccc(/C(CCCOc2cccc3cc(F)ccc23)=C(/C)CC)c1C. The topological polar surface area (TPSA) is 9.23 Å². The van der Waals surface area contributed by atoms with Crippen LogP contribution < -0.4 is 4.74 Å². The number of hydrogen-bond donors (Lipinski definition) is 0. The van der Waals surface area contributed by atoms with Crippen LogP contribution in [0, 0.1) is 18.7 Å². The Hall–Kier alpha value is -2.84. The summed E-state index contributed by atoms with van der Waals surface area (Å²) in [4.78, 5) is 0. The lowest BCUT2D eigenvalue weighted by Gasteiger charge is -2.24. The largest absolute Gasteiger partial charge is 0.493 e. The Morgan fingerprint density at radius 2 is 1.77 bits per heavy atom. The maximum atomic E-state index is 13.7. The van der Waals surface area contributed by atoms with E-state index in [9.17, 15) is 4.39 Å². The van der Waals surface area contributed by atoms with Gasteiger partial charge in [0.1, 0.15) is 11.6 Å². The molecule has 0 amide bonds. The summed E-state index contributed by atoms with van der Waals surface area (Å²) >= 11 is 6.98. The number of benzene rings is 3. The highest BCUT2D eigenvalue weighted by Gasteiger charge is 2.21. The van der Waals surface area contributed by atoms with Crippen LogP contribution in [0.5, 0.6) is 5.75 Å². The third kappa shape index (κ3) is 7.26. The first-order valence-corrected chi connectivity index (χ1v) is 15.2. The highest BCUT2D eigenvalue weighted by atomic mass is 35.5. The van der Waals surface area contributed by atoms with Gasteiger partial charge in [-0.05, 0) is 129 Å². The van der Waals surface area contributed by atoms with Crippen molar-refractivity contribution in [1.82, 2.24) is 0 Å². The smallest absolute Gasteiger partial charge is 0.127 e. The van der Waals surface area contributed by atoms with Crippen molar-refractivity contribution in [3.05, 3.63) is 98.9 Å². The molecule has 0 heterocycles. The van der Waals surface area contributed by atoms with Crippen molar-refractivity contribution in [2.75, 3.05) is 6.61 Å². The van der Waals surface area contributed by atoms with E-state index >= 15 is 0 Å². The molecule has 0 saturated carbocycles. The minimum atomic E-state index is -0.232. The summed E-state index contributed by atoms with van der Waals surface area (Å²) in [7, 11) is 0. The van der Waals surface area contributed by atoms with Gasteiger partial charge in [0.15, 0.2) is 0 Å². The van der Waals surface area contributed by atoms with Crippen LogP contribution in [0.25, 0.3) is 21.9 Å². The van der Waals surface area contributed by atoms with Gasteiger partial charge in [0, 0.05) is 16.0 Å². The van der Waals surface area contributed by atoms with Crippen LogP contribution in [0.3, 0.4) is 0 Å². The first kappa shape index (κ1) is 31.7. The quantitative estimate of drug-likeness (QED) is 0.158. The molecule has 0 fully saturated rings. The molecular formula is C37H46ClFO. The van der Waals surface area contributed by atoms with Crippen LogP contribution in [-0.2, 0) is 0 Å². The number of halogens is 2. The number of hydrogen-bond acceptors (Lipinski definition) is 1. The average molecular weight is 561 g/mol. The van der Waals surface area contributed by atoms with Crippen LogP contribution in [0.4, 0.5) is 4.39 Å². The second-order valence-corrected chi connectivity index (χ2v) is 11.4. The predicted octanol–water partition coefficient (Wildman–Crippen LogP) is 12.2. The molecule has 1 atom stereocenters. The van der Waals surface area contributed by atoms with E-state index in [0.29, 0.717) is 12.5 Å². The first-order chi connectivity index (χ1) is 19.1. The molecule has 1 unspecified atom stereocenters. The van der Waals surface area contributed by atoms with Gasteiger partial charge in [0.05, 0.1) is 6.61 Å². The maximum absolute atomic E-state index is 13.7. The highest BCUT2D eigenvalue weighted by molar-refractivity contribution is 6.33. The van der Waals surface area contributed by atoms with E-state index in [2.05, 4.69) is 73.6 Å². The van der Waals surface area contributed by atoms with Crippen molar-refractivity contribution in [1.29, 1.82) is 0 Å². The second-order valence-electron chi connectivity index (χ2n) is 10.9. The van der Waals surface area contributed by atoms with Crippen LogP contribution in [0.2, 0.25) is 5.02 Å². The normalized spacial score (nSPS) is 14.2. The monoisotopic (exact) mass is 560 g/mol. The summed E-state index contributed by atoms with van der Waals surface area (Å²) in [6.07, 6.45) is 7.18. The molecule has 0 saturated heterocycles. The molecule has 0 aromatic heterocycles. The molecule has 1 nitrogen and oxygen atoms in total. The van der Waals surface area contributed by atoms with E-state index in [1.165, 1.54) is 50.6 Å². The molecule has 0 bridgehead atoms. The molecule has 214 valence electrons. The van der Waals surface area contributed by atoms with E-state index in [-0.39, 0.29) is 5.82 Å². The highest BCUT2D eigenvalue weighted by Crippen LogP contribution is 2.41. The molecule has 0 aliphatic carbocycles. The molecule has 3 aromatic rings. The van der Waals surface area contributed by atoms with Gasteiger partial charge in [-0.2, -0.15) is 0 Å². The summed E-state index contributed by atoms with van der Waals surface area (Å²) in [5.41, 5.74) is 10.4. The first-order valence-electron chi connectivity index (χ1n) is 14.8. The maximum Gasteiger partial charge on any atom is 0.127 e. The van der Waals surface area contributed by atoms with Crippen LogP contribution in [0.1, 0.15) is 97.3 Å². The van der Waals surface area contributed by atoms with Gasteiger partial charge in [-0.1, -0.05) is 74.7 Å². The summed E-state index contributed by atoms with van der Waals surface area (Å²) in [6, 6.07) is 14.9. The zero-order valence-electron chi connectivity index (χ0n) is 25.7. The Labute approximate surface area is 246 Å². The fourth-order valence-corrected chi connectivity index (χ4v) is 5.85. The zero-order chi connectivity index (χ0) is 29.4. The van der Waals surface area contributed by atoms with Crippen molar-refractivity contribution in [2.45, 2.75) is 87.5 Å². The van der Waals surface area contributed by atoms with Crippen molar-refractivity contribution >= 4 is 33.5 Å². The lowest BCUT2D eigenvalue weighted by Crippen LogP contribution is -2.05. The summed E-state index contributed by atoms with van der Waals surface area (Å²) in [5.74, 6) is 1.04. The van der Waals surface area contributed by atoms with Gasteiger partial charge >= 0.3 is 0 Å². The Balaban J connectivity index is 1.96. The third-order valence-electron chi connectivity index (χ3n) is 8.32. The molecule has 0 radical (unpaired) electrons. The number of ether oxygens (including phenoxy) is 1. The van der Waals surface area contributed by atoms with Crippen LogP contribution in [0.15, 0.2) is 71.3 Å². The Kier molecular flexibility index (Phi) is 11.6. The minimum absolute atomic E-state index is 0.232. The number of rotatable bonds is 12. The fraction of sp³-hybridized carbons (Fsp3) is 0.405. The predicted molar refractivity (Wildman–Crippen MR) is 174 cm³/mol. The lowest BCUT2D eigenvalue weighted by atomic mass is 9.82. The summed E-state index contributed by atoms with van der Waals surface area (Å²) in [5, 5.41) is 2.61. The molecule has 3 aromatic carbocycles. The summed E-state index contributed by atoms with van der Waals surface area (Å²) < 4.78 is 19.9. The molecular weight excluding hydrogens is 515 g/mol. The number of allylic oxidation sites excluding steroid dienone is 6. The van der Waals surface area contributed by atoms with E-state index < -0.39 is 0 Å². The Morgan fingerprint density at radius 3 is 2.45 bits per heavy atom. The van der Waals surface area contributed by atoms with Crippen LogP contribution >= 0.6 is 11.6 Å². The van der Waals surface area contributed by atoms with Gasteiger partial charge < -0.3 is 4.74 Å². The average Bonchev–Trinajstić information content (AvgIpc) is 2.94. The number of fused-ring (bicyclic) bond motifs is 1. The molecule has 0 aliphatic heterocycles. The summed E-state index contributed by atoms with van der Waals surface area (Å²) in [6.45, 7) is 18.5. The van der Waals surface area contributed by atoms with E-state index in [1.54, 1.807) is 12.1 Å². The zero-order valence-corrected chi connectivity index (χ0v) is 26.4. The lowest BCUT2D eigenvalue weighted by molar-refractivity contribution is 0.316. The Bertz CT molecular complexity index is 1430. The van der Waals surface area contributed by atoms with Gasteiger partial charge in [-0.15, -0.1) is 0 Å². The molecule has 3 heteroatoms. The van der Waals surface area contributed by atoms with E-state index in [1.807, 2.05) is 18.2 Å². The molecule has 0 aliphatic rings. The van der Waals surface area contributed by atoms with E-state index in [0.717, 1.165) is 53.6 Å². The van der Waals surface area contributed by atoms with Gasteiger partial charge in [0.2, 0.25) is 0 Å². The van der Waals surface area contributed by atoms with Gasteiger partial charge in [0.25, 0.3) is 0 Å². The van der Waals surface area contributed by atoms with E-state index in [4.69, 9.17) is 16.3 Å². The van der Waals surface area contributed by atoms with Gasteiger partial charge in [-0.3, -0.25) is 0 Å². The Morgan fingerprint density at radius 1 is 1.02 bits per heavy atom. The third-order valence-corrected chi connectivity index (χ3v) is 8.63. The molecule has 0 spiro atoms. The van der Waals surface area contributed by atoms with Crippen molar-refractivity contribution < 1.29 is 9.13 Å². The fourth-order valence-electron chi connectivity index (χ4n) is 5.55. The molecule has 40 heavy (non-hydrogen) atoms. The van der Waals surface area contributed by atoms with Crippen LogP contribution in [-0.4, -0.2) is 6.61 Å². The standard InChI is InChI=1S/C37H46ClFO/c1-9-14-26(6)36(27(7)24(4)10-2)37-28(8)32(20-21-34(37)38)31(25(5)11-3)16-13-22-40-35-17-12-15-29-23-30(39)18-19-33(29)35/h12,14-15,17-21,23-24H,9-11,13,16,22H2,1-8H3/b26-14-,31-25-,36-27+. The molecule has 0 N–H and O–H groups in total. The minimum Gasteiger partial charge on any atom is -0.493 e. The van der Waals surface area contributed by atoms with Crippen molar-refractivity contribution in [3.63, 3.8) is 0 Å². The van der Waals surface area contributed by atoms with Gasteiger partial charge in [-0.25, -0.2) is 4.39 Å². The second kappa shape index (κ2) is 14.7. The van der Waals surface area contributed by atoms with Crippen molar-refractivity contribution in [2.24, 2.45) is 5.92 Å². The molecule has 3 rings (SSSR count). The van der Waals surface area contributed by atoms with Crippen molar-refractivity contribution in [3.8, 4) is 5.75 Å².